The SMILES string of the molecule is CC1CCCN(S(=O)(=O)N(C)c2ccccc2F)C1. The van der Waals surface area contributed by atoms with E-state index in [1.165, 1.54) is 23.5 Å². The minimum atomic E-state index is -3.64. The second kappa shape index (κ2) is 5.46. The highest BCUT2D eigenvalue weighted by Gasteiger charge is 2.31. The average molecular weight is 286 g/mol. The molecule has 19 heavy (non-hydrogen) atoms. The Morgan fingerprint density at radius 3 is 2.68 bits per heavy atom. The second-order valence-corrected chi connectivity index (χ2v) is 6.99. The van der Waals surface area contributed by atoms with Crippen LogP contribution in [-0.2, 0) is 10.2 Å². The molecule has 0 bridgehead atoms. The van der Waals surface area contributed by atoms with Crippen LogP contribution in [0.3, 0.4) is 0 Å². The molecule has 1 aromatic rings. The number of benzene rings is 1. The van der Waals surface area contributed by atoms with Crippen molar-refractivity contribution in [3.8, 4) is 0 Å². The van der Waals surface area contributed by atoms with Gasteiger partial charge in [0.2, 0.25) is 0 Å². The lowest BCUT2D eigenvalue weighted by Gasteiger charge is -2.33. The number of anilines is 1. The van der Waals surface area contributed by atoms with E-state index < -0.39 is 16.0 Å². The Bertz CT molecular complexity index is 547. The molecule has 0 saturated carbocycles. The van der Waals surface area contributed by atoms with Gasteiger partial charge in [0, 0.05) is 20.1 Å². The molecule has 0 amide bonds. The van der Waals surface area contributed by atoms with Crippen molar-refractivity contribution in [3.63, 3.8) is 0 Å². The molecular weight excluding hydrogens is 267 g/mol. The van der Waals surface area contributed by atoms with Crippen molar-refractivity contribution in [2.45, 2.75) is 19.8 Å². The van der Waals surface area contributed by atoms with Crippen molar-refractivity contribution in [2.24, 2.45) is 5.92 Å². The van der Waals surface area contributed by atoms with Crippen LogP contribution in [0.4, 0.5) is 10.1 Å². The summed E-state index contributed by atoms with van der Waals surface area (Å²) in [5.41, 5.74) is 0.0840. The lowest BCUT2D eigenvalue weighted by atomic mass is 10.0. The molecule has 0 aromatic heterocycles. The second-order valence-electron chi connectivity index (χ2n) is 5.03. The zero-order chi connectivity index (χ0) is 14.0. The number of halogens is 1. The minimum Gasteiger partial charge on any atom is -0.258 e. The van der Waals surface area contributed by atoms with Crippen LogP contribution < -0.4 is 4.31 Å². The van der Waals surface area contributed by atoms with Crippen LogP contribution >= 0.6 is 0 Å². The normalized spacial score (nSPS) is 21.3. The fourth-order valence-electron chi connectivity index (χ4n) is 2.36. The molecule has 4 nitrogen and oxygen atoms in total. The quantitative estimate of drug-likeness (QED) is 0.855. The first-order valence-corrected chi connectivity index (χ1v) is 7.81. The maximum absolute atomic E-state index is 13.7. The van der Waals surface area contributed by atoms with E-state index >= 15 is 0 Å². The van der Waals surface area contributed by atoms with Crippen LogP contribution in [-0.4, -0.2) is 32.9 Å². The van der Waals surface area contributed by atoms with Gasteiger partial charge in [-0.15, -0.1) is 0 Å². The molecule has 1 saturated heterocycles. The molecule has 0 aliphatic carbocycles. The molecule has 0 N–H and O–H groups in total. The highest BCUT2D eigenvalue weighted by atomic mass is 32.2. The molecule has 0 radical (unpaired) electrons. The minimum absolute atomic E-state index is 0.0840. The third-order valence-electron chi connectivity index (χ3n) is 3.48. The Morgan fingerprint density at radius 1 is 1.37 bits per heavy atom. The number of hydrogen-bond acceptors (Lipinski definition) is 2. The van der Waals surface area contributed by atoms with Gasteiger partial charge in [-0.25, -0.2) is 4.39 Å². The van der Waals surface area contributed by atoms with Gasteiger partial charge in [0.1, 0.15) is 5.82 Å². The summed E-state index contributed by atoms with van der Waals surface area (Å²) in [7, 11) is -2.25. The Morgan fingerprint density at radius 2 is 2.05 bits per heavy atom. The molecule has 1 atom stereocenters. The van der Waals surface area contributed by atoms with E-state index in [-0.39, 0.29) is 5.69 Å². The first-order valence-electron chi connectivity index (χ1n) is 6.41. The molecule has 1 fully saturated rings. The molecule has 106 valence electrons. The third-order valence-corrected chi connectivity index (χ3v) is 5.36. The lowest BCUT2D eigenvalue weighted by Crippen LogP contribution is -2.46. The summed E-state index contributed by atoms with van der Waals surface area (Å²) >= 11 is 0. The standard InChI is InChI=1S/C13H19FN2O2S/c1-11-6-5-9-16(10-11)19(17,18)15(2)13-8-4-3-7-12(13)14/h3-4,7-8,11H,5-6,9-10H2,1-2H3. The Balaban J connectivity index is 2.26. The molecular formula is C13H19FN2O2S. The van der Waals surface area contributed by atoms with Crippen LogP contribution in [0.2, 0.25) is 0 Å². The van der Waals surface area contributed by atoms with Gasteiger partial charge in [0.05, 0.1) is 5.69 Å². The van der Waals surface area contributed by atoms with Crippen molar-refractivity contribution < 1.29 is 12.8 Å². The maximum Gasteiger partial charge on any atom is 0.303 e. The van der Waals surface area contributed by atoms with Gasteiger partial charge in [0.25, 0.3) is 0 Å². The molecule has 1 aromatic carbocycles. The molecule has 2 rings (SSSR count). The van der Waals surface area contributed by atoms with Gasteiger partial charge in [-0.3, -0.25) is 4.31 Å². The zero-order valence-corrected chi connectivity index (χ0v) is 12.0. The van der Waals surface area contributed by atoms with E-state index in [2.05, 4.69) is 0 Å². The molecule has 1 aliphatic heterocycles. The van der Waals surface area contributed by atoms with Crippen molar-refractivity contribution in [1.29, 1.82) is 0 Å². The van der Waals surface area contributed by atoms with Crippen LogP contribution in [0.1, 0.15) is 19.8 Å². The van der Waals surface area contributed by atoms with E-state index in [1.54, 1.807) is 12.1 Å². The van der Waals surface area contributed by atoms with Gasteiger partial charge in [-0.05, 0) is 30.9 Å². The number of piperidine rings is 1. The number of nitrogens with zero attached hydrogens (tertiary/aromatic N) is 2. The van der Waals surface area contributed by atoms with E-state index in [1.807, 2.05) is 6.92 Å². The summed E-state index contributed by atoms with van der Waals surface area (Å²) < 4.78 is 41.1. The smallest absolute Gasteiger partial charge is 0.258 e. The molecule has 1 unspecified atom stereocenters. The Kier molecular flexibility index (Phi) is 4.10. The largest absolute Gasteiger partial charge is 0.303 e. The number of para-hydroxylation sites is 1. The van der Waals surface area contributed by atoms with Crippen molar-refractivity contribution >= 4 is 15.9 Å². The van der Waals surface area contributed by atoms with Crippen LogP contribution in [0.15, 0.2) is 24.3 Å². The summed E-state index contributed by atoms with van der Waals surface area (Å²) in [5, 5.41) is 0. The zero-order valence-electron chi connectivity index (χ0n) is 11.2. The predicted octanol–water partition coefficient (Wildman–Crippen LogP) is 2.24. The third kappa shape index (κ3) is 2.90. The lowest BCUT2D eigenvalue weighted by molar-refractivity contribution is 0.281. The van der Waals surface area contributed by atoms with Crippen LogP contribution in [0, 0.1) is 11.7 Å². The topological polar surface area (TPSA) is 40.6 Å². The fourth-order valence-corrected chi connectivity index (χ4v) is 3.91. The van der Waals surface area contributed by atoms with Crippen molar-refractivity contribution in [2.75, 3.05) is 24.4 Å². The maximum atomic E-state index is 13.7. The molecule has 1 aliphatic rings. The summed E-state index contributed by atoms with van der Waals surface area (Å²) in [4.78, 5) is 0. The number of hydrogen-bond donors (Lipinski definition) is 0. The van der Waals surface area contributed by atoms with Crippen LogP contribution in [0.5, 0.6) is 0 Å². The van der Waals surface area contributed by atoms with E-state index in [9.17, 15) is 12.8 Å². The summed E-state index contributed by atoms with van der Waals surface area (Å²) in [5.74, 6) is -0.184. The molecule has 6 heteroatoms. The van der Waals surface area contributed by atoms with Gasteiger partial charge in [-0.2, -0.15) is 12.7 Å². The first kappa shape index (κ1) is 14.3. The highest BCUT2D eigenvalue weighted by Crippen LogP contribution is 2.25. The fraction of sp³-hybridized carbons (Fsp3) is 0.538. The van der Waals surface area contributed by atoms with Gasteiger partial charge < -0.3 is 0 Å². The van der Waals surface area contributed by atoms with Crippen molar-refractivity contribution in [1.82, 2.24) is 4.31 Å². The van der Waals surface area contributed by atoms with E-state index in [0.29, 0.717) is 19.0 Å². The summed E-state index contributed by atoms with van der Waals surface area (Å²) in [6.45, 7) is 3.04. The van der Waals surface area contributed by atoms with Gasteiger partial charge >= 0.3 is 10.2 Å². The van der Waals surface area contributed by atoms with Gasteiger partial charge in [0.15, 0.2) is 0 Å². The number of rotatable bonds is 3. The Labute approximate surface area is 114 Å². The first-order chi connectivity index (χ1) is 8.93. The summed E-state index contributed by atoms with van der Waals surface area (Å²) in [6, 6.07) is 5.91. The monoisotopic (exact) mass is 286 g/mol. The van der Waals surface area contributed by atoms with E-state index in [4.69, 9.17) is 0 Å². The Hall–Kier alpha value is -1.14. The van der Waals surface area contributed by atoms with Crippen molar-refractivity contribution in [3.05, 3.63) is 30.1 Å². The summed E-state index contributed by atoms with van der Waals surface area (Å²) in [6.07, 6.45) is 1.89. The molecule has 1 heterocycles. The van der Waals surface area contributed by atoms with Crippen LogP contribution in [0.25, 0.3) is 0 Å². The van der Waals surface area contributed by atoms with Gasteiger partial charge in [-0.1, -0.05) is 19.1 Å². The molecule has 0 spiro atoms. The highest BCUT2D eigenvalue weighted by molar-refractivity contribution is 7.90. The predicted molar refractivity (Wildman–Crippen MR) is 73.7 cm³/mol. The van der Waals surface area contributed by atoms with E-state index in [0.717, 1.165) is 17.1 Å². The average Bonchev–Trinajstić information content (AvgIpc) is 2.38.